The standard InChI is InChI=1S/C16H23NO2/c1-4-12-8-9-14(10(12)2)17-16(19)13-6-5-7-15(18)11(13)3/h5-7,10,12,14,18H,4,8-9H2,1-3H3,(H,17,19). The largest absolute Gasteiger partial charge is 0.508 e. The number of phenolic OH excluding ortho intramolecular Hbond substituents is 1. The molecule has 0 heterocycles. The Labute approximate surface area is 115 Å². The number of benzene rings is 1. The molecule has 1 aromatic rings. The van der Waals surface area contributed by atoms with E-state index in [1.807, 2.05) is 0 Å². The lowest BCUT2D eigenvalue weighted by atomic mass is 9.93. The van der Waals surface area contributed by atoms with Crippen molar-refractivity contribution >= 4 is 5.91 Å². The van der Waals surface area contributed by atoms with Crippen LogP contribution in [0.15, 0.2) is 18.2 Å². The molecule has 2 N–H and O–H groups in total. The van der Waals surface area contributed by atoms with Crippen molar-refractivity contribution in [2.24, 2.45) is 11.8 Å². The maximum atomic E-state index is 12.3. The van der Waals surface area contributed by atoms with Gasteiger partial charge in [0.05, 0.1) is 0 Å². The van der Waals surface area contributed by atoms with Gasteiger partial charge < -0.3 is 10.4 Å². The molecule has 3 heteroatoms. The van der Waals surface area contributed by atoms with Gasteiger partial charge in [0.1, 0.15) is 5.75 Å². The fourth-order valence-corrected chi connectivity index (χ4v) is 3.14. The van der Waals surface area contributed by atoms with Crippen molar-refractivity contribution in [2.45, 2.75) is 46.1 Å². The van der Waals surface area contributed by atoms with Gasteiger partial charge in [-0.05, 0) is 43.7 Å². The molecule has 0 spiro atoms. The SMILES string of the molecule is CCC1CCC(NC(=O)c2cccc(O)c2C)C1C. The first-order valence-corrected chi connectivity index (χ1v) is 7.14. The quantitative estimate of drug-likeness (QED) is 0.877. The van der Waals surface area contributed by atoms with Gasteiger partial charge in [0.2, 0.25) is 0 Å². The second-order valence-electron chi connectivity index (χ2n) is 5.63. The summed E-state index contributed by atoms with van der Waals surface area (Å²) < 4.78 is 0. The van der Waals surface area contributed by atoms with E-state index >= 15 is 0 Å². The normalized spacial score (nSPS) is 26.4. The van der Waals surface area contributed by atoms with Crippen LogP contribution in [0, 0.1) is 18.8 Å². The zero-order valence-electron chi connectivity index (χ0n) is 11.9. The van der Waals surface area contributed by atoms with Crippen LogP contribution in [0.4, 0.5) is 0 Å². The van der Waals surface area contributed by atoms with Gasteiger partial charge in [-0.25, -0.2) is 0 Å². The summed E-state index contributed by atoms with van der Waals surface area (Å²) in [6, 6.07) is 5.35. The van der Waals surface area contributed by atoms with Crippen LogP contribution in [0.2, 0.25) is 0 Å². The number of phenols is 1. The average Bonchev–Trinajstić information content (AvgIpc) is 2.73. The first-order valence-electron chi connectivity index (χ1n) is 7.14. The summed E-state index contributed by atoms with van der Waals surface area (Å²) in [6.45, 7) is 6.21. The Kier molecular flexibility index (Phi) is 4.13. The van der Waals surface area contributed by atoms with E-state index in [2.05, 4.69) is 19.2 Å². The first kappa shape index (κ1) is 13.9. The van der Waals surface area contributed by atoms with Gasteiger partial charge in [0.15, 0.2) is 0 Å². The first-order chi connectivity index (χ1) is 9.04. The number of hydrogen-bond donors (Lipinski definition) is 2. The molecule has 1 saturated carbocycles. The minimum atomic E-state index is -0.0676. The minimum absolute atomic E-state index is 0.0676. The molecule has 0 aromatic heterocycles. The number of nitrogens with one attached hydrogen (secondary N) is 1. The molecule has 0 saturated heterocycles. The van der Waals surface area contributed by atoms with E-state index in [1.165, 1.54) is 12.8 Å². The number of hydrogen-bond acceptors (Lipinski definition) is 2. The van der Waals surface area contributed by atoms with Crippen molar-refractivity contribution in [3.63, 3.8) is 0 Å². The van der Waals surface area contributed by atoms with Gasteiger partial charge in [-0.1, -0.05) is 26.3 Å². The highest BCUT2D eigenvalue weighted by Gasteiger charge is 2.32. The molecule has 3 unspecified atom stereocenters. The van der Waals surface area contributed by atoms with Crippen molar-refractivity contribution < 1.29 is 9.90 Å². The van der Waals surface area contributed by atoms with E-state index in [0.717, 1.165) is 12.3 Å². The Morgan fingerprint density at radius 1 is 1.42 bits per heavy atom. The summed E-state index contributed by atoms with van der Waals surface area (Å²) in [4.78, 5) is 12.3. The smallest absolute Gasteiger partial charge is 0.251 e. The van der Waals surface area contributed by atoms with Gasteiger partial charge >= 0.3 is 0 Å². The zero-order valence-corrected chi connectivity index (χ0v) is 11.9. The van der Waals surface area contributed by atoms with Crippen LogP contribution >= 0.6 is 0 Å². The predicted octanol–water partition coefficient (Wildman–Crippen LogP) is 3.26. The lowest BCUT2D eigenvalue weighted by Gasteiger charge is -2.21. The van der Waals surface area contributed by atoms with E-state index in [9.17, 15) is 9.90 Å². The van der Waals surface area contributed by atoms with E-state index in [1.54, 1.807) is 25.1 Å². The lowest BCUT2D eigenvalue weighted by Crippen LogP contribution is -2.37. The lowest BCUT2D eigenvalue weighted by molar-refractivity contribution is 0.0925. The third-order valence-electron chi connectivity index (χ3n) is 4.62. The van der Waals surface area contributed by atoms with Gasteiger partial charge in [-0.3, -0.25) is 4.79 Å². The van der Waals surface area contributed by atoms with Crippen LogP contribution in [0.5, 0.6) is 5.75 Å². The van der Waals surface area contributed by atoms with E-state index in [-0.39, 0.29) is 17.7 Å². The molecule has 0 radical (unpaired) electrons. The highest BCUT2D eigenvalue weighted by Crippen LogP contribution is 2.34. The molecular formula is C16H23NO2. The van der Waals surface area contributed by atoms with Crippen LogP contribution in [-0.2, 0) is 0 Å². The fourth-order valence-electron chi connectivity index (χ4n) is 3.14. The highest BCUT2D eigenvalue weighted by atomic mass is 16.3. The Morgan fingerprint density at radius 3 is 2.79 bits per heavy atom. The number of aromatic hydroxyl groups is 1. The fraction of sp³-hybridized carbons (Fsp3) is 0.562. The van der Waals surface area contributed by atoms with Gasteiger partial charge in [-0.2, -0.15) is 0 Å². The van der Waals surface area contributed by atoms with Gasteiger partial charge in [0, 0.05) is 17.2 Å². The summed E-state index contributed by atoms with van der Waals surface area (Å²) in [7, 11) is 0. The van der Waals surface area contributed by atoms with Crippen molar-refractivity contribution in [2.75, 3.05) is 0 Å². The molecule has 19 heavy (non-hydrogen) atoms. The number of rotatable bonds is 3. The molecule has 3 nitrogen and oxygen atoms in total. The average molecular weight is 261 g/mol. The van der Waals surface area contributed by atoms with Crippen LogP contribution in [0.3, 0.4) is 0 Å². The molecule has 1 fully saturated rings. The van der Waals surface area contributed by atoms with Crippen LogP contribution in [0.25, 0.3) is 0 Å². The molecule has 104 valence electrons. The molecular weight excluding hydrogens is 238 g/mol. The van der Waals surface area contributed by atoms with E-state index < -0.39 is 0 Å². The summed E-state index contributed by atoms with van der Waals surface area (Å²) in [5.74, 6) is 1.36. The summed E-state index contributed by atoms with van der Waals surface area (Å²) in [6.07, 6.45) is 3.43. The molecule has 1 aliphatic rings. The van der Waals surface area contributed by atoms with Crippen LogP contribution < -0.4 is 5.32 Å². The number of amides is 1. The second kappa shape index (κ2) is 5.64. The molecule has 2 rings (SSSR count). The minimum Gasteiger partial charge on any atom is -0.508 e. The maximum absolute atomic E-state index is 12.3. The molecule has 0 bridgehead atoms. The number of carbonyl (C=O) groups excluding carboxylic acids is 1. The van der Waals surface area contributed by atoms with Crippen LogP contribution in [-0.4, -0.2) is 17.1 Å². The highest BCUT2D eigenvalue weighted by molar-refractivity contribution is 5.96. The topological polar surface area (TPSA) is 49.3 Å². The molecule has 1 aromatic carbocycles. The van der Waals surface area contributed by atoms with E-state index in [4.69, 9.17) is 0 Å². The Balaban J connectivity index is 2.08. The summed E-state index contributed by atoms with van der Waals surface area (Å²) in [5.41, 5.74) is 1.23. The van der Waals surface area contributed by atoms with Gasteiger partial charge in [0.25, 0.3) is 5.91 Å². The van der Waals surface area contributed by atoms with Crippen molar-refractivity contribution in [1.29, 1.82) is 0 Å². The van der Waals surface area contributed by atoms with Crippen molar-refractivity contribution in [3.05, 3.63) is 29.3 Å². The molecule has 1 aliphatic carbocycles. The van der Waals surface area contributed by atoms with Crippen LogP contribution in [0.1, 0.15) is 49.0 Å². The summed E-state index contributed by atoms with van der Waals surface area (Å²) in [5, 5.41) is 12.8. The third-order valence-corrected chi connectivity index (χ3v) is 4.62. The van der Waals surface area contributed by atoms with Gasteiger partial charge in [-0.15, -0.1) is 0 Å². The zero-order chi connectivity index (χ0) is 14.0. The third kappa shape index (κ3) is 2.75. The molecule has 0 aliphatic heterocycles. The molecule has 3 atom stereocenters. The Bertz CT molecular complexity index is 470. The maximum Gasteiger partial charge on any atom is 0.251 e. The second-order valence-corrected chi connectivity index (χ2v) is 5.63. The summed E-state index contributed by atoms with van der Waals surface area (Å²) >= 11 is 0. The van der Waals surface area contributed by atoms with E-state index in [0.29, 0.717) is 17.0 Å². The Morgan fingerprint density at radius 2 is 2.16 bits per heavy atom. The monoisotopic (exact) mass is 261 g/mol. The van der Waals surface area contributed by atoms with Crippen molar-refractivity contribution in [1.82, 2.24) is 5.32 Å². The van der Waals surface area contributed by atoms with Crippen molar-refractivity contribution in [3.8, 4) is 5.75 Å². The number of carbonyl (C=O) groups is 1. The predicted molar refractivity (Wildman–Crippen MR) is 76.3 cm³/mol. The Hall–Kier alpha value is -1.51. The molecule has 1 amide bonds.